The van der Waals surface area contributed by atoms with Gasteiger partial charge in [-0.2, -0.15) is 0 Å². The first-order valence-electron chi connectivity index (χ1n) is 5.95. The van der Waals surface area contributed by atoms with Crippen LogP contribution >= 0.6 is 0 Å². The summed E-state index contributed by atoms with van der Waals surface area (Å²) < 4.78 is 2.12. The Morgan fingerprint density at radius 1 is 1.41 bits per heavy atom. The fourth-order valence-corrected chi connectivity index (χ4v) is 2.00. The standard InChI is InChI=1S/C15H18N2/c1-4-5-6-9-12(2)15-16-13-10-7-8-11-14(13)17(15)3/h4-5,7-8,10-11H,2,6,9H2,1,3H3/b5-4-. The lowest BCUT2D eigenvalue weighted by Gasteiger charge is -2.04. The van der Waals surface area contributed by atoms with E-state index in [1.165, 1.54) is 0 Å². The van der Waals surface area contributed by atoms with Crippen LogP contribution in [0.2, 0.25) is 0 Å². The number of imidazole rings is 1. The average molecular weight is 226 g/mol. The average Bonchev–Trinajstić information content (AvgIpc) is 2.68. The van der Waals surface area contributed by atoms with Gasteiger partial charge in [-0.05, 0) is 37.5 Å². The molecule has 0 spiro atoms. The van der Waals surface area contributed by atoms with E-state index in [9.17, 15) is 0 Å². The molecule has 0 radical (unpaired) electrons. The maximum Gasteiger partial charge on any atom is 0.136 e. The van der Waals surface area contributed by atoms with Gasteiger partial charge in [0, 0.05) is 7.05 Å². The summed E-state index contributed by atoms with van der Waals surface area (Å²) in [5.74, 6) is 0.996. The number of allylic oxidation sites excluding steroid dienone is 3. The van der Waals surface area contributed by atoms with Gasteiger partial charge >= 0.3 is 0 Å². The quantitative estimate of drug-likeness (QED) is 0.722. The van der Waals surface area contributed by atoms with E-state index >= 15 is 0 Å². The molecule has 0 aliphatic carbocycles. The second-order valence-electron chi connectivity index (χ2n) is 4.19. The van der Waals surface area contributed by atoms with Crippen LogP contribution in [-0.4, -0.2) is 9.55 Å². The van der Waals surface area contributed by atoms with Crippen molar-refractivity contribution in [3.05, 3.63) is 48.8 Å². The van der Waals surface area contributed by atoms with Crippen LogP contribution in [0.15, 0.2) is 43.0 Å². The maximum atomic E-state index is 4.63. The lowest BCUT2D eigenvalue weighted by atomic mass is 10.1. The van der Waals surface area contributed by atoms with Gasteiger partial charge in [0.15, 0.2) is 0 Å². The molecule has 1 aromatic carbocycles. The molecule has 0 amide bonds. The molecule has 2 nitrogen and oxygen atoms in total. The summed E-state index contributed by atoms with van der Waals surface area (Å²) in [7, 11) is 2.05. The summed E-state index contributed by atoms with van der Waals surface area (Å²) in [5, 5.41) is 0. The van der Waals surface area contributed by atoms with E-state index in [0.29, 0.717) is 0 Å². The minimum Gasteiger partial charge on any atom is -0.327 e. The van der Waals surface area contributed by atoms with Crippen molar-refractivity contribution in [1.29, 1.82) is 0 Å². The number of aromatic nitrogens is 2. The van der Waals surface area contributed by atoms with Gasteiger partial charge < -0.3 is 4.57 Å². The van der Waals surface area contributed by atoms with Gasteiger partial charge in [-0.3, -0.25) is 0 Å². The summed E-state index contributed by atoms with van der Waals surface area (Å²) in [6, 6.07) is 8.18. The van der Waals surface area contributed by atoms with Gasteiger partial charge in [0.05, 0.1) is 11.0 Å². The second-order valence-corrected chi connectivity index (χ2v) is 4.19. The van der Waals surface area contributed by atoms with Crippen molar-refractivity contribution < 1.29 is 0 Å². The predicted molar refractivity (Wildman–Crippen MR) is 73.8 cm³/mol. The number of rotatable bonds is 4. The summed E-state index contributed by atoms with van der Waals surface area (Å²) in [4.78, 5) is 4.63. The molecule has 0 saturated carbocycles. The zero-order valence-corrected chi connectivity index (χ0v) is 10.5. The van der Waals surface area contributed by atoms with Crippen LogP contribution < -0.4 is 0 Å². The molecule has 0 aliphatic rings. The number of hydrogen-bond donors (Lipinski definition) is 0. The van der Waals surface area contributed by atoms with Crippen LogP contribution in [0.1, 0.15) is 25.6 Å². The van der Waals surface area contributed by atoms with Crippen LogP contribution in [0.3, 0.4) is 0 Å². The minimum atomic E-state index is 0.960. The normalized spacial score (nSPS) is 11.4. The number of para-hydroxylation sites is 2. The highest BCUT2D eigenvalue weighted by Crippen LogP contribution is 2.22. The molecule has 1 aromatic heterocycles. The zero-order chi connectivity index (χ0) is 12.3. The van der Waals surface area contributed by atoms with Gasteiger partial charge in [0.2, 0.25) is 0 Å². The largest absolute Gasteiger partial charge is 0.327 e. The van der Waals surface area contributed by atoms with E-state index < -0.39 is 0 Å². The SMILES string of the molecule is C=C(CC/C=C\C)c1nc2ccccc2n1C. The Balaban J connectivity index is 2.29. The first kappa shape index (κ1) is 11.6. The first-order valence-corrected chi connectivity index (χ1v) is 5.95. The highest BCUT2D eigenvalue weighted by molar-refractivity contribution is 5.79. The summed E-state index contributed by atoms with van der Waals surface area (Å²) >= 11 is 0. The van der Waals surface area contributed by atoms with Gasteiger partial charge in [-0.15, -0.1) is 0 Å². The number of benzene rings is 1. The topological polar surface area (TPSA) is 17.8 Å². The maximum absolute atomic E-state index is 4.63. The third-order valence-corrected chi connectivity index (χ3v) is 2.95. The third kappa shape index (κ3) is 2.31. The number of hydrogen-bond acceptors (Lipinski definition) is 1. The lowest BCUT2D eigenvalue weighted by Crippen LogP contribution is -1.96. The molecule has 88 valence electrons. The Morgan fingerprint density at radius 3 is 2.88 bits per heavy atom. The van der Waals surface area contributed by atoms with Gasteiger partial charge in [-0.25, -0.2) is 4.98 Å². The fourth-order valence-electron chi connectivity index (χ4n) is 2.00. The molecule has 0 saturated heterocycles. The van der Waals surface area contributed by atoms with E-state index in [-0.39, 0.29) is 0 Å². The zero-order valence-electron chi connectivity index (χ0n) is 10.5. The molecule has 2 heteroatoms. The van der Waals surface area contributed by atoms with E-state index in [2.05, 4.69) is 34.3 Å². The van der Waals surface area contributed by atoms with Crippen molar-refractivity contribution in [3.8, 4) is 0 Å². The Labute approximate surface area is 102 Å². The van der Waals surface area contributed by atoms with Crippen LogP contribution in [-0.2, 0) is 7.05 Å². The summed E-state index contributed by atoms with van der Waals surface area (Å²) in [6.45, 7) is 6.18. The molecule has 0 unspecified atom stereocenters. The number of nitrogens with zero attached hydrogens (tertiary/aromatic N) is 2. The molecule has 17 heavy (non-hydrogen) atoms. The molecule has 0 bridgehead atoms. The molecular formula is C15H18N2. The molecule has 1 heterocycles. The first-order chi connectivity index (χ1) is 8.24. The van der Waals surface area contributed by atoms with E-state index in [4.69, 9.17) is 0 Å². The van der Waals surface area contributed by atoms with Crippen molar-refractivity contribution in [3.63, 3.8) is 0 Å². The molecular weight excluding hydrogens is 208 g/mol. The van der Waals surface area contributed by atoms with Gasteiger partial charge in [0.1, 0.15) is 5.82 Å². The van der Waals surface area contributed by atoms with E-state index in [1.54, 1.807) is 0 Å². The van der Waals surface area contributed by atoms with Crippen molar-refractivity contribution in [1.82, 2.24) is 9.55 Å². The Morgan fingerprint density at radius 2 is 2.18 bits per heavy atom. The minimum absolute atomic E-state index is 0.960. The van der Waals surface area contributed by atoms with Crippen LogP contribution in [0.25, 0.3) is 16.6 Å². The number of aryl methyl sites for hydroxylation is 1. The van der Waals surface area contributed by atoms with Crippen molar-refractivity contribution >= 4 is 16.6 Å². The molecule has 2 aromatic rings. The monoisotopic (exact) mass is 226 g/mol. The molecule has 0 aliphatic heterocycles. The smallest absolute Gasteiger partial charge is 0.136 e. The fraction of sp³-hybridized carbons (Fsp3) is 0.267. The van der Waals surface area contributed by atoms with Crippen LogP contribution in [0, 0.1) is 0 Å². The predicted octanol–water partition coefficient (Wildman–Crippen LogP) is 3.94. The molecule has 0 N–H and O–H groups in total. The molecule has 2 rings (SSSR count). The van der Waals surface area contributed by atoms with Crippen LogP contribution in [0.4, 0.5) is 0 Å². The van der Waals surface area contributed by atoms with E-state index in [0.717, 1.165) is 35.3 Å². The van der Waals surface area contributed by atoms with Crippen molar-refractivity contribution in [2.24, 2.45) is 7.05 Å². The summed E-state index contributed by atoms with van der Waals surface area (Å²) in [5.41, 5.74) is 3.30. The van der Waals surface area contributed by atoms with Gasteiger partial charge in [0.25, 0.3) is 0 Å². The second kappa shape index (κ2) is 5.00. The van der Waals surface area contributed by atoms with Crippen molar-refractivity contribution in [2.75, 3.05) is 0 Å². The van der Waals surface area contributed by atoms with Crippen molar-refractivity contribution in [2.45, 2.75) is 19.8 Å². The molecule has 0 fully saturated rings. The number of fused-ring (bicyclic) bond motifs is 1. The third-order valence-electron chi connectivity index (χ3n) is 2.95. The highest BCUT2D eigenvalue weighted by atomic mass is 15.1. The highest BCUT2D eigenvalue weighted by Gasteiger charge is 2.09. The Kier molecular flexibility index (Phi) is 3.43. The Hall–Kier alpha value is -1.83. The lowest BCUT2D eigenvalue weighted by molar-refractivity contribution is 0.902. The van der Waals surface area contributed by atoms with Gasteiger partial charge in [-0.1, -0.05) is 30.9 Å². The van der Waals surface area contributed by atoms with Crippen LogP contribution in [0.5, 0.6) is 0 Å². The van der Waals surface area contributed by atoms with E-state index in [1.807, 2.05) is 32.2 Å². The summed E-state index contributed by atoms with van der Waals surface area (Å²) in [6.07, 6.45) is 6.22. The molecule has 0 atom stereocenters. The Bertz CT molecular complexity index is 561.